The average molecular weight is 180 g/mol. The molecule has 0 aliphatic carbocycles. The second-order valence-electron chi connectivity index (χ2n) is 2.87. The zero-order valence-electron chi connectivity index (χ0n) is 8.00. The zero-order valence-corrected chi connectivity index (χ0v) is 8.00. The molecule has 0 fully saturated rings. The van der Waals surface area contributed by atoms with E-state index in [0.717, 1.165) is 11.3 Å². The second kappa shape index (κ2) is 3.98. The number of aromatic nitrogens is 2. The third kappa shape index (κ3) is 2.50. The minimum Gasteiger partial charge on any atom is -0.467 e. The van der Waals surface area contributed by atoms with E-state index < -0.39 is 0 Å². The summed E-state index contributed by atoms with van der Waals surface area (Å²) < 4.78 is 4.86. The lowest BCUT2D eigenvalue weighted by Gasteiger charge is -2.03. The third-order valence-electron chi connectivity index (χ3n) is 1.65. The molecule has 4 nitrogen and oxygen atoms in total. The molecule has 0 atom stereocenters. The van der Waals surface area contributed by atoms with Crippen molar-refractivity contribution in [2.75, 3.05) is 7.11 Å². The van der Waals surface area contributed by atoms with Gasteiger partial charge >= 0.3 is 6.01 Å². The molecule has 0 aliphatic heterocycles. The quantitative estimate of drug-likeness (QED) is 0.694. The number of methoxy groups -OCH3 is 1. The summed E-state index contributed by atoms with van der Waals surface area (Å²) in [4.78, 5) is 18.9. The van der Waals surface area contributed by atoms with Gasteiger partial charge in [0.05, 0.1) is 12.8 Å². The van der Waals surface area contributed by atoms with Crippen molar-refractivity contribution in [3.8, 4) is 6.01 Å². The molecule has 0 aromatic carbocycles. The Balaban J connectivity index is 2.96. The van der Waals surface area contributed by atoms with Crippen molar-refractivity contribution in [3.05, 3.63) is 17.5 Å². The van der Waals surface area contributed by atoms with Gasteiger partial charge in [-0.15, -0.1) is 0 Å². The number of carbonyl (C=O) groups is 1. The van der Waals surface area contributed by atoms with Crippen molar-refractivity contribution in [2.24, 2.45) is 0 Å². The maximum atomic E-state index is 10.9. The Morgan fingerprint density at radius 1 is 1.62 bits per heavy atom. The summed E-state index contributed by atoms with van der Waals surface area (Å²) >= 11 is 0. The van der Waals surface area contributed by atoms with Crippen LogP contribution >= 0.6 is 0 Å². The summed E-state index contributed by atoms with van der Waals surface area (Å²) in [6.45, 7) is 3.41. The molecule has 1 heterocycles. The summed E-state index contributed by atoms with van der Waals surface area (Å²) in [5, 5.41) is 0. The van der Waals surface area contributed by atoms with Crippen molar-refractivity contribution >= 4 is 5.78 Å². The molecule has 0 unspecified atom stereocenters. The lowest BCUT2D eigenvalue weighted by molar-refractivity contribution is -0.116. The van der Waals surface area contributed by atoms with Crippen LogP contribution in [0.5, 0.6) is 6.01 Å². The van der Waals surface area contributed by atoms with Gasteiger partial charge in [-0.2, -0.15) is 4.98 Å². The van der Waals surface area contributed by atoms with Gasteiger partial charge in [0, 0.05) is 12.6 Å². The molecule has 0 spiro atoms. The number of hydrogen-bond donors (Lipinski definition) is 0. The first kappa shape index (κ1) is 9.64. The molecule has 4 heteroatoms. The highest BCUT2D eigenvalue weighted by atomic mass is 16.5. The summed E-state index contributed by atoms with van der Waals surface area (Å²) in [5.41, 5.74) is 1.65. The highest BCUT2D eigenvalue weighted by Gasteiger charge is 2.05. The van der Waals surface area contributed by atoms with E-state index >= 15 is 0 Å². The minimum absolute atomic E-state index is 0.0869. The van der Waals surface area contributed by atoms with E-state index in [-0.39, 0.29) is 5.78 Å². The third-order valence-corrected chi connectivity index (χ3v) is 1.65. The van der Waals surface area contributed by atoms with Crippen molar-refractivity contribution in [1.29, 1.82) is 0 Å². The molecule has 0 radical (unpaired) electrons. The highest BCUT2D eigenvalue weighted by molar-refractivity contribution is 5.77. The van der Waals surface area contributed by atoms with Crippen molar-refractivity contribution in [2.45, 2.75) is 20.3 Å². The van der Waals surface area contributed by atoms with Gasteiger partial charge in [-0.25, -0.2) is 4.98 Å². The molecular weight excluding hydrogens is 168 g/mol. The number of aryl methyl sites for hydroxylation is 1. The molecule has 0 N–H and O–H groups in total. The van der Waals surface area contributed by atoms with Gasteiger partial charge in [0.15, 0.2) is 0 Å². The number of ether oxygens (including phenoxy) is 1. The fourth-order valence-electron chi connectivity index (χ4n) is 0.972. The number of ketones is 1. The summed E-state index contributed by atoms with van der Waals surface area (Å²) in [7, 11) is 1.50. The van der Waals surface area contributed by atoms with Gasteiger partial charge in [-0.3, -0.25) is 4.79 Å². The molecular formula is C9H12N2O2. The van der Waals surface area contributed by atoms with E-state index in [1.807, 2.05) is 6.92 Å². The van der Waals surface area contributed by atoms with Crippen LogP contribution in [0, 0.1) is 6.92 Å². The fourth-order valence-corrected chi connectivity index (χ4v) is 0.972. The lowest BCUT2D eigenvalue weighted by Crippen LogP contribution is -2.04. The normalized spacial score (nSPS) is 9.77. The first-order valence-corrected chi connectivity index (χ1v) is 3.99. The maximum absolute atomic E-state index is 10.9. The maximum Gasteiger partial charge on any atom is 0.316 e. The van der Waals surface area contributed by atoms with Crippen LogP contribution in [-0.4, -0.2) is 22.9 Å². The average Bonchev–Trinajstić information content (AvgIpc) is 2.08. The van der Waals surface area contributed by atoms with Crippen molar-refractivity contribution in [3.63, 3.8) is 0 Å². The number of rotatable bonds is 3. The monoisotopic (exact) mass is 180 g/mol. The topological polar surface area (TPSA) is 52.1 Å². The van der Waals surface area contributed by atoms with Gasteiger partial charge in [-0.05, 0) is 19.4 Å². The van der Waals surface area contributed by atoms with E-state index in [1.54, 1.807) is 6.20 Å². The van der Waals surface area contributed by atoms with E-state index in [2.05, 4.69) is 9.97 Å². The van der Waals surface area contributed by atoms with Crippen molar-refractivity contribution in [1.82, 2.24) is 9.97 Å². The summed E-state index contributed by atoms with van der Waals surface area (Å²) in [6.07, 6.45) is 1.99. The van der Waals surface area contributed by atoms with Crippen LogP contribution in [0.4, 0.5) is 0 Å². The summed E-state index contributed by atoms with van der Waals surface area (Å²) in [6, 6.07) is 0.307. The van der Waals surface area contributed by atoms with Gasteiger partial charge in [0.25, 0.3) is 0 Å². The van der Waals surface area contributed by atoms with Crippen LogP contribution in [0.25, 0.3) is 0 Å². The van der Waals surface area contributed by atoms with Gasteiger partial charge in [0.1, 0.15) is 5.78 Å². The Kier molecular flexibility index (Phi) is 2.95. The van der Waals surface area contributed by atoms with E-state index in [9.17, 15) is 4.79 Å². The van der Waals surface area contributed by atoms with Crippen LogP contribution in [-0.2, 0) is 11.2 Å². The Labute approximate surface area is 77.0 Å². The van der Waals surface area contributed by atoms with Crippen LogP contribution in [0.15, 0.2) is 6.20 Å². The molecule has 0 amide bonds. The van der Waals surface area contributed by atoms with Gasteiger partial charge in [0.2, 0.25) is 0 Å². The number of carbonyl (C=O) groups excluding carboxylic acids is 1. The Morgan fingerprint density at radius 2 is 2.31 bits per heavy atom. The molecule has 0 bridgehead atoms. The number of nitrogens with zero attached hydrogens (tertiary/aromatic N) is 2. The smallest absolute Gasteiger partial charge is 0.316 e. The van der Waals surface area contributed by atoms with Crippen LogP contribution in [0.3, 0.4) is 0 Å². The molecule has 1 aromatic rings. The predicted octanol–water partition coefficient (Wildman–Crippen LogP) is 0.925. The summed E-state index contributed by atoms with van der Waals surface area (Å²) in [5.74, 6) is 0.0869. The van der Waals surface area contributed by atoms with Crippen LogP contribution < -0.4 is 4.74 Å². The zero-order chi connectivity index (χ0) is 9.84. The Morgan fingerprint density at radius 3 is 2.85 bits per heavy atom. The minimum atomic E-state index is 0.0869. The van der Waals surface area contributed by atoms with Gasteiger partial charge < -0.3 is 4.74 Å². The fraction of sp³-hybridized carbons (Fsp3) is 0.444. The number of hydrogen-bond acceptors (Lipinski definition) is 4. The van der Waals surface area contributed by atoms with Gasteiger partial charge in [-0.1, -0.05) is 0 Å². The largest absolute Gasteiger partial charge is 0.467 e. The highest BCUT2D eigenvalue weighted by Crippen LogP contribution is 2.08. The van der Waals surface area contributed by atoms with Crippen LogP contribution in [0.1, 0.15) is 18.2 Å². The first-order chi connectivity index (χ1) is 6.13. The molecule has 0 saturated heterocycles. The Bertz CT molecular complexity index is 323. The lowest BCUT2D eigenvalue weighted by atomic mass is 10.1. The Hall–Kier alpha value is -1.45. The van der Waals surface area contributed by atoms with Crippen molar-refractivity contribution < 1.29 is 9.53 Å². The first-order valence-electron chi connectivity index (χ1n) is 3.99. The van der Waals surface area contributed by atoms with E-state index in [0.29, 0.717) is 12.4 Å². The van der Waals surface area contributed by atoms with E-state index in [1.165, 1.54) is 14.0 Å². The standard InChI is InChI=1S/C9H12N2O2/c1-6-5-10-9(13-3)11-8(6)4-7(2)12/h5H,4H2,1-3H3. The molecule has 70 valence electrons. The molecule has 1 rings (SSSR count). The molecule has 0 saturated carbocycles. The molecule has 0 aliphatic rings. The molecule has 1 aromatic heterocycles. The predicted molar refractivity (Wildman–Crippen MR) is 47.7 cm³/mol. The number of Topliss-reactive ketones (excluding diaryl/α,β-unsaturated/α-hetero) is 1. The van der Waals surface area contributed by atoms with Crippen LogP contribution in [0.2, 0.25) is 0 Å². The second-order valence-corrected chi connectivity index (χ2v) is 2.87. The van der Waals surface area contributed by atoms with E-state index in [4.69, 9.17) is 4.74 Å². The SMILES string of the molecule is COc1ncc(C)c(CC(C)=O)n1. The molecule has 13 heavy (non-hydrogen) atoms.